The van der Waals surface area contributed by atoms with Gasteiger partial charge in [0.2, 0.25) is 0 Å². The quantitative estimate of drug-likeness (QED) is 0.814. The van der Waals surface area contributed by atoms with Crippen molar-refractivity contribution in [3.05, 3.63) is 65.7 Å². The van der Waals surface area contributed by atoms with Gasteiger partial charge in [0.05, 0.1) is 18.7 Å². The molecule has 1 unspecified atom stereocenters. The summed E-state index contributed by atoms with van der Waals surface area (Å²) < 4.78 is 9.93. The highest BCUT2D eigenvalue weighted by Crippen LogP contribution is 2.26. The molecule has 0 N–H and O–H groups in total. The van der Waals surface area contributed by atoms with Crippen LogP contribution < -0.4 is 4.90 Å². The predicted molar refractivity (Wildman–Crippen MR) is 85.5 cm³/mol. The number of amides is 1. The lowest BCUT2D eigenvalue weighted by Gasteiger charge is -2.22. The Morgan fingerprint density at radius 2 is 2.00 bits per heavy atom. The summed E-state index contributed by atoms with van der Waals surface area (Å²) in [6.45, 7) is 0.330. The number of rotatable bonds is 4. The van der Waals surface area contributed by atoms with Gasteiger partial charge < -0.3 is 9.47 Å². The molecule has 5 nitrogen and oxygen atoms in total. The third-order valence-electron chi connectivity index (χ3n) is 3.82. The van der Waals surface area contributed by atoms with Gasteiger partial charge in [0, 0.05) is 5.69 Å². The number of carbonyl (C=O) groups excluding carboxylic acids is 2. The number of methoxy groups -OCH3 is 1. The van der Waals surface area contributed by atoms with E-state index in [2.05, 4.69) is 0 Å². The predicted octanol–water partition coefficient (Wildman–Crippen LogP) is 3.04. The van der Waals surface area contributed by atoms with Crippen molar-refractivity contribution in [3.8, 4) is 0 Å². The van der Waals surface area contributed by atoms with E-state index < -0.39 is 12.1 Å². The minimum Gasteiger partial charge on any atom is -0.465 e. The fourth-order valence-corrected chi connectivity index (χ4v) is 2.71. The van der Waals surface area contributed by atoms with Gasteiger partial charge in [-0.3, -0.25) is 4.90 Å². The van der Waals surface area contributed by atoms with Crippen LogP contribution >= 0.6 is 0 Å². The van der Waals surface area contributed by atoms with Crippen LogP contribution in [0.2, 0.25) is 0 Å². The van der Waals surface area contributed by atoms with E-state index in [4.69, 9.17) is 9.47 Å². The van der Waals surface area contributed by atoms with E-state index in [1.165, 1.54) is 7.11 Å². The number of anilines is 1. The molecule has 2 aromatic rings. The SMILES string of the molecule is COC(=O)c1cccc(N2C(=O)OCC2Cc2ccccc2)c1. The second kappa shape index (κ2) is 6.52. The first kappa shape index (κ1) is 15.1. The van der Waals surface area contributed by atoms with E-state index in [9.17, 15) is 9.59 Å². The maximum absolute atomic E-state index is 12.1. The Bertz CT molecular complexity index is 714. The smallest absolute Gasteiger partial charge is 0.414 e. The largest absolute Gasteiger partial charge is 0.465 e. The Labute approximate surface area is 134 Å². The first-order chi connectivity index (χ1) is 11.2. The van der Waals surface area contributed by atoms with Crippen LogP contribution in [0, 0.1) is 0 Å². The van der Waals surface area contributed by atoms with Gasteiger partial charge in [-0.1, -0.05) is 36.4 Å². The first-order valence-electron chi connectivity index (χ1n) is 7.37. The van der Waals surface area contributed by atoms with E-state index in [0.29, 0.717) is 24.3 Å². The molecule has 1 fully saturated rings. The van der Waals surface area contributed by atoms with Gasteiger partial charge in [-0.25, -0.2) is 9.59 Å². The summed E-state index contributed by atoms with van der Waals surface area (Å²) >= 11 is 0. The topological polar surface area (TPSA) is 55.8 Å². The van der Waals surface area contributed by atoms with Crippen molar-refractivity contribution >= 4 is 17.7 Å². The highest BCUT2D eigenvalue weighted by molar-refractivity contribution is 5.94. The van der Waals surface area contributed by atoms with Gasteiger partial charge in [0.25, 0.3) is 0 Å². The average molecular weight is 311 g/mol. The fraction of sp³-hybridized carbons (Fsp3) is 0.222. The second-order valence-electron chi connectivity index (χ2n) is 5.33. The molecular formula is C18H17NO4. The zero-order chi connectivity index (χ0) is 16.2. The Kier molecular flexibility index (Phi) is 4.28. The molecule has 0 aromatic heterocycles. The molecule has 1 atom stereocenters. The third-order valence-corrected chi connectivity index (χ3v) is 3.82. The molecule has 0 radical (unpaired) electrons. The molecule has 1 amide bonds. The molecule has 5 heteroatoms. The third kappa shape index (κ3) is 3.18. The van der Waals surface area contributed by atoms with E-state index in [1.807, 2.05) is 30.3 Å². The van der Waals surface area contributed by atoms with E-state index in [1.54, 1.807) is 29.2 Å². The van der Waals surface area contributed by atoms with Crippen LogP contribution in [-0.4, -0.2) is 31.8 Å². The van der Waals surface area contributed by atoms with Gasteiger partial charge in [-0.2, -0.15) is 0 Å². The molecule has 1 heterocycles. The summed E-state index contributed by atoms with van der Waals surface area (Å²) in [6, 6.07) is 16.7. The minimum absolute atomic E-state index is 0.0993. The lowest BCUT2D eigenvalue weighted by atomic mass is 10.1. The first-order valence-corrected chi connectivity index (χ1v) is 7.37. The number of hydrogen-bond acceptors (Lipinski definition) is 4. The number of ether oxygens (including phenoxy) is 2. The Morgan fingerprint density at radius 1 is 1.22 bits per heavy atom. The fourth-order valence-electron chi connectivity index (χ4n) is 2.71. The summed E-state index contributed by atoms with van der Waals surface area (Å²) in [5.74, 6) is -0.431. The molecule has 1 saturated heterocycles. The monoisotopic (exact) mass is 311 g/mol. The summed E-state index contributed by atoms with van der Waals surface area (Å²) in [6.07, 6.45) is 0.294. The Morgan fingerprint density at radius 3 is 2.74 bits per heavy atom. The highest BCUT2D eigenvalue weighted by Gasteiger charge is 2.34. The van der Waals surface area contributed by atoms with E-state index in [0.717, 1.165) is 5.56 Å². The average Bonchev–Trinajstić information content (AvgIpc) is 2.95. The van der Waals surface area contributed by atoms with Crippen LogP contribution in [0.4, 0.5) is 10.5 Å². The molecule has 0 spiro atoms. The van der Waals surface area contributed by atoms with Crippen molar-refractivity contribution in [2.75, 3.05) is 18.6 Å². The van der Waals surface area contributed by atoms with Crippen molar-refractivity contribution in [2.24, 2.45) is 0 Å². The van der Waals surface area contributed by atoms with Crippen molar-refractivity contribution in [3.63, 3.8) is 0 Å². The van der Waals surface area contributed by atoms with Crippen LogP contribution in [0.15, 0.2) is 54.6 Å². The normalized spacial score (nSPS) is 17.0. The van der Waals surface area contributed by atoms with Crippen molar-refractivity contribution < 1.29 is 19.1 Å². The molecule has 118 valence electrons. The van der Waals surface area contributed by atoms with Gasteiger partial charge >= 0.3 is 12.1 Å². The number of hydrogen-bond donors (Lipinski definition) is 0. The van der Waals surface area contributed by atoms with Gasteiger partial charge in [0.1, 0.15) is 6.61 Å². The van der Waals surface area contributed by atoms with Gasteiger partial charge in [-0.05, 0) is 30.2 Å². The molecule has 2 aromatic carbocycles. The summed E-state index contributed by atoms with van der Waals surface area (Å²) in [4.78, 5) is 25.4. The minimum atomic E-state index is -0.431. The molecule has 23 heavy (non-hydrogen) atoms. The highest BCUT2D eigenvalue weighted by atomic mass is 16.6. The molecule has 0 aliphatic carbocycles. The van der Waals surface area contributed by atoms with E-state index >= 15 is 0 Å². The standard InChI is InChI=1S/C18H17NO4/c1-22-17(20)14-8-5-9-15(11-14)19-16(12-23-18(19)21)10-13-6-3-2-4-7-13/h2-9,11,16H,10,12H2,1H3. The molecule has 1 aliphatic rings. The number of carbonyl (C=O) groups is 2. The number of cyclic esters (lactones) is 1. The van der Waals surface area contributed by atoms with Crippen LogP contribution in [0.1, 0.15) is 15.9 Å². The van der Waals surface area contributed by atoms with Crippen LogP contribution in [0.25, 0.3) is 0 Å². The second-order valence-corrected chi connectivity index (χ2v) is 5.33. The summed E-state index contributed by atoms with van der Waals surface area (Å²) in [5, 5.41) is 0. The molecular weight excluding hydrogens is 294 g/mol. The molecule has 1 aliphatic heterocycles. The van der Waals surface area contributed by atoms with Crippen LogP contribution in [-0.2, 0) is 15.9 Å². The maximum atomic E-state index is 12.1. The number of nitrogens with zero attached hydrogens (tertiary/aromatic N) is 1. The zero-order valence-corrected chi connectivity index (χ0v) is 12.8. The van der Waals surface area contributed by atoms with Crippen molar-refractivity contribution in [1.82, 2.24) is 0 Å². The molecule has 0 saturated carbocycles. The van der Waals surface area contributed by atoms with Crippen molar-refractivity contribution in [2.45, 2.75) is 12.5 Å². The lowest BCUT2D eigenvalue weighted by molar-refractivity contribution is 0.0600. The van der Waals surface area contributed by atoms with Crippen molar-refractivity contribution in [1.29, 1.82) is 0 Å². The zero-order valence-electron chi connectivity index (χ0n) is 12.8. The summed E-state index contributed by atoms with van der Waals surface area (Å²) in [5.41, 5.74) is 2.17. The Hall–Kier alpha value is -2.82. The van der Waals surface area contributed by atoms with Crippen LogP contribution in [0.3, 0.4) is 0 Å². The molecule has 3 rings (SSSR count). The van der Waals surface area contributed by atoms with Crippen LogP contribution in [0.5, 0.6) is 0 Å². The van der Waals surface area contributed by atoms with E-state index in [-0.39, 0.29) is 6.04 Å². The molecule has 0 bridgehead atoms. The number of esters is 1. The number of benzene rings is 2. The Balaban J connectivity index is 1.87. The lowest BCUT2D eigenvalue weighted by Crippen LogP contribution is -2.35. The van der Waals surface area contributed by atoms with Gasteiger partial charge in [-0.15, -0.1) is 0 Å². The summed E-state index contributed by atoms with van der Waals surface area (Å²) in [7, 11) is 1.33. The van der Waals surface area contributed by atoms with Gasteiger partial charge in [0.15, 0.2) is 0 Å². The maximum Gasteiger partial charge on any atom is 0.414 e.